The average Bonchev–Trinajstić information content (AvgIpc) is 3.60. The van der Waals surface area contributed by atoms with Gasteiger partial charge in [-0.1, -0.05) is 246 Å². The maximum Gasteiger partial charge on any atom is 0.0468 e. The van der Waals surface area contributed by atoms with Crippen molar-refractivity contribution in [1.29, 1.82) is 0 Å². The average molecular weight is 1050 g/mol. The van der Waals surface area contributed by atoms with E-state index >= 15 is 0 Å². The molecule has 2 aliphatic rings. The Labute approximate surface area is 480 Å². The van der Waals surface area contributed by atoms with Gasteiger partial charge in [-0.25, -0.2) is 0 Å². The number of benzene rings is 13. The van der Waals surface area contributed by atoms with Gasteiger partial charge in [0.05, 0.1) is 0 Å². The molecule has 15 rings (SSSR count). The summed E-state index contributed by atoms with van der Waals surface area (Å²) in [5.74, 6) is 0. The van der Waals surface area contributed by atoms with Gasteiger partial charge < -0.3 is 9.80 Å². The van der Waals surface area contributed by atoms with Crippen molar-refractivity contribution in [2.24, 2.45) is 0 Å². The Morgan fingerprint density at radius 1 is 0.220 bits per heavy atom. The molecule has 0 aliphatic heterocycles. The highest BCUT2D eigenvalue weighted by Gasteiger charge is 2.38. The molecule has 0 aromatic heterocycles. The molecule has 82 heavy (non-hydrogen) atoms. The number of anilines is 6. The molecule has 390 valence electrons. The van der Waals surface area contributed by atoms with Crippen LogP contribution in [0.15, 0.2) is 267 Å². The predicted molar refractivity (Wildman–Crippen MR) is 352 cm³/mol. The van der Waals surface area contributed by atoms with Crippen molar-refractivity contribution in [2.75, 3.05) is 9.80 Å². The summed E-state index contributed by atoms with van der Waals surface area (Å²) < 4.78 is 0. The lowest BCUT2D eigenvalue weighted by Crippen LogP contribution is -2.16. The smallest absolute Gasteiger partial charge is 0.0468 e. The van der Waals surface area contributed by atoms with Crippen LogP contribution in [-0.4, -0.2) is 0 Å². The first kappa shape index (κ1) is 49.1. The van der Waals surface area contributed by atoms with Crippen LogP contribution >= 0.6 is 0 Å². The molecule has 13 aromatic rings. The van der Waals surface area contributed by atoms with E-state index in [0.29, 0.717) is 0 Å². The predicted octanol–water partition coefficient (Wildman–Crippen LogP) is 22.2. The molecule has 0 atom stereocenters. The van der Waals surface area contributed by atoms with E-state index in [-0.39, 0.29) is 10.8 Å². The lowest BCUT2D eigenvalue weighted by atomic mass is 9.81. The van der Waals surface area contributed by atoms with Crippen molar-refractivity contribution in [1.82, 2.24) is 0 Å². The molecule has 0 saturated carbocycles. The third-order valence-electron chi connectivity index (χ3n) is 17.7. The first-order valence-electron chi connectivity index (χ1n) is 28.7. The van der Waals surface area contributed by atoms with Gasteiger partial charge in [0.25, 0.3) is 0 Å². The quantitative estimate of drug-likeness (QED) is 0.126. The fourth-order valence-electron chi connectivity index (χ4n) is 13.2. The minimum atomic E-state index is -0.196. The second-order valence-corrected chi connectivity index (χ2v) is 23.4. The van der Waals surface area contributed by atoms with Crippen molar-refractivity contribution in [3.05, 3.63) is 311 Å². The maximum absolute atomic E-state index is 2.43. The van der Waals surface area contributed by atoms with Crippen LogP contribution in [0.4, 0.5) is 34.1 Å². The Balaban J connectivity index is 0.666. The van der Waals surface area contributed by atoms with Crippen LogP contribution in [-0.2, 0) is 10.8 Å². The zero-order valence-corrected chi connectivity index (χ0v) is 46.6. The van der Waals surface area contributed by atoms with Crippen LogP contribution in [0.1, 0.15) is 72.2 Å². The maximum atomic E-state index is 2.43. The molecule has 0 heterocycles. The van der Waals surface area contributed by atoms with Gasteiger partial charge in [0.1, 0.15) is 0 Å². The highest BCUT2D eigenvalue weighted by Crippen LogP contribution is 2.53. The third kappa shape index (κ3) is 8.50. The van der Waals surface area contributed by atoms with E-state index in [0.717, 1.165) is 34.1 Å². The van der Waals surface area contributed by atoms with E-state index in [4.69, 9.17) is 0 Å². The topological polar surface area (TPSA) is 6.48 Å². The van der Waals surface area contributed by atoms with E-state index in [9.17, 15) is 0 Å². The minimum Gasteiger partial charge on any atom is -0.310 e. The lowest BCUT2D eigenvalue weighted by Gasteiger charge is -2.28. The fraction of sp³-hybridized carbons (Fsp3) is 0.0750. The monoisotopic (exact) mass is 1050 g/mol. The van der Waals surface area contributed by atoms with Gasteiger partial charge in [-0.3, -0.25) is 0 Å². The third-order valence-corrected chi connectivity index (χ3v) is 17.7. The van der Waals surface area contributed by atoms with Gasteiger partial charge in [0.15, 0.2) is 0 Å². The molecule has 13 aromatic carbocycles. The molecule has 0 bridgehead atoms. The largest absolute Gasteiger partial charge is 0.310 e. The van der Waals surface area contributed by atoms with Crippen molar-refractivity contribution in [2.45, 2.75) is 38.5 Å². The summed E-state index contributed by atoms with van der Waals surface area (Å²) >= 11 is 0. The molecule has 0 saturated heterocycles. The van der Waals surface area contributed by atoms with Crippen LogP contribution in [0, 0.1) is 0 Å². The van der Waals surface area contributed by atoms with E-state index in [2.05, 4.69) is 329 Å². The normalized spacial score (nSPS) is 13.7. The number of nitrogens with zero attached hydrogens (tertiary/aromatic N) is 2. The van der Waals surface area contributed by atoms with Gasteiger partial charge in [-0.2, -0.15) is 0 Å². The molecule has 0 N–H and O–H groups in total. The zero-order chi connectivity index (χ0) is 55.1. The fourth-order valence-corrected chi connectivity index (χ4v) is 13.2. The van der Waals surface area contributed by atoms with Crippen LogP contribution in [0.5, 0.6) is 0 Å². The molecular weight excluding hydrogens is 989 g/mol. The van der Waals surface area contributed by atoms with Crippen molar-refractivity contribution >= 4 is 102 Å². The number of fused-ring (bicyclic) bond motifs is 10. The second-order valence-electron chi connectivity index (χ2n) is 23.4. The summed E-state index contributed by atoms with van der Waals surface area (Å²) in [5, 5.41) is 9.86. The lowest BCUT2D eigenvalue weighted by molar-refractivity contribution is 0.660. The van der Waals surface area contributed by atoms with Gasteiger partial charge in [0.2, 0.25) is 0 Å². The van der Waals surface area contributed by atoms with Crippen LogP contribution in [0.2, 0.25) is 0 Å². The van der Waals surface area contributed by atoms with Crippen molar-refractivity contribution in [3.8, 4) is 22.3 Å². The minimum absolute atomic E-state index is 0.196. The summed E-state index contributed by atoms with van der Waals surface area (Å²) in [6.07, 6.45) is 8.99. The summed E-state index contributed by atoms with van der Waals surface area (Å²) in [5.41, 5.74) is 21.8. The van der Waals surface area contributed by atoms with Crippen LogP contribution < -0.4 is 9.80 Å². The van der Waals surface area contributed by atoms with Gasteiger partial charge >= 0.3 is 0 Å². The number of hydrogen-bond donors (Lipinski definition) is 0. The number of rotatable bonds is 10. The van der Waals surface area contributed by atoms with Crippen LogP contribution in [0.3, 0.4) is 0 Å². The Hall–Kier alpha value is -10.0. The number of hydrogen-bond acceptors (Lipinski definition) is 2. The van der Waals surface area contributed by atoms with Gasteiger partial charge in [-0.05, 0) is 183 Å². The van der Waals surface area contributed by atoms with Crippen molar-refractivity contribution < 1.29 is 0 Å². The molecule has 0 unspecified atom stereocenters. The second kappa shape index (κ2) is 19.4. The van der Waals surface area contributed by atoms with Crippen LogP contribution in [0.25, 0.3) is 89.6 Å². The standard InChI is InChI=1S/C80H60N2/c1-79(2)75-45-55(29-41-71(75)73-43-39-69(51-77(73)79)81(65-35-31-57-13-5-9-17-61(57)47-65)66-36-32-58-14-6-10-18-62(58)48-66)27-25-53-21-23-54(24-22-53)26-28-56-30-42-72-74-44-40-70(52-78(74)80(3,4)76(72)46-56)82(67-37-33-59-15-7-11-19-63(59)49-67)68-38-34-60-16-8-12-20-64(60)50-68/h5-52H,1-4H3. The molecule has 2 nitrogen and oxygen atoms in total. The first-order chi connectivity index (χ1) is 40.1. The van der Waals surface area contributed by atoms with E-state index in [1.54, 1.807) is 0 Å². The molecule has 0 radical (unpaired) electrons. The molecule has 0 spiro atoms. The summed E-state index contributed by atoms with van der Waals surface area (Å²) in [4.78, 5) is 4.84. The molecule has 2 heteroatoms. The Morgan fingerprint density at radius 2 is 0.451 bits per heavy atom. The zero-order valence-electron chi connectivity index (χ0n) is 46.6. The van der Waals surface area contributed by atoms with Gasteiger partial charge in [0, 0.05) is 45.0 Å². The molecular formula is C80H60N2. The summed E-state index contributed by atoms with van der Waals surface area (Å²) in [6.45, 7) is 9.52. The van der Waals surface area contributed by atoms with E-state index in [1.165, 1.54) is 110 Å². The highest BCUT2D eigenvalue weighted by molar-refractivity contribution is 5.96. The Kier molecular flexibility index (Phi) is 11.6. The molecule has 0 amide bonds. The SMILES string of the molecule is CC1(C)c2cc(C=Cc3ccc(C=Cc4ccc5c(c4)C(C)(C)c4cc(N(c6ccc7ccccc7c6)c6ccc7ccccc7c6)ccc4-5)cc3)ccc2-c2ccc(N(c3ccc4ccccc4c3)c3ccc4ccccc4c3)cc21. The Morgan fingerprint density at radius 3 is 0.768 bits per heavy atom. The molecule has 2 aliphatic carbocycles. The summed E-state index contributed by atoms with van der Waals surface area (Å²) in [7, 11) is 0. The summed E-state index contributed by atoms with van der Waals surface area (Å²) in [6, 6.07) is 98.8. The van der Waals surface area contributed by atoms with E-state index < -0.39 is 0 Å². The molecule has 0 fully saturated rings. The van der Waals surface area contributed by atoms with Crippen molar-refractivity contribution in [3.63, 3.8) is 0 Å². The van der Waals surface area contributed by atoms with Gasteiger partial charge in [-0.15, -0.1) is 0 Å². The Bertz CT molecular complexity index is 4300. The first-order valence-corrected chi connectivity index (χ1v) is 28.7. The van der Waals surface area contributed by atoms with E-state index in [1.807, 2.05) is 0 Å². The highest BCUT2D eigenvalue weighted by atomic mass is 15.1.